The van der Waals surface area contributed by atoms with E-state index in [-0.39, 0.29) is 0 Å². The van der Waals surface area contributed by atoms with Crippen LogP contribution in [0.15, 0.2) is 6.20 Å². The summed E-state index contributed by atoms with van der Waals surface area (Å²) in [5.41, 5.74) is 2.08. The van der Waals surface area contributed by atoms with E-state index in [9.17, 15) is 0 Å². The summed E-state index contributed by atoms with van der Waals surface area (Å²) in [6.45, 7) is 7.21. The van der Waals surface area contributed by atoms with Gasteiger partial charge in [-0.1, -0.05) is 25.2 Å². The lowest BCUT2D eigenvalue weighted by Gasteiger charge is -2.04. The number of nitrogens with one attached hydrogen (secondary N) is 2. The molecule has 0 unspecified atom stereocenters. The van der Waals surface area contributed by atoms with Crippen molar-refractivity contribution in [2.45, 2.75) is 33.2 Å². The van der Waals surface area contributed by atoms with Crippen LogP contribution in [0.1, 0.15) is 24.5 Å². The van der Waals surface area contributed by atoms with Gasteiger partial charge in [0.25, 0.3) is 0 Å². The molecule has 2 aromatic heterocycles. The van der Waals surface area contributed by atoms with E-state index in [2.05, 4.69) is 39.6 Å². The van der Waals surface area contributed by atoms with Crippen molar-refractivity contribution in [3.8, 4) is 10.6 Å². The van der Waals surface area contributed by atoms with Crippen LogP contribution in [0.25, 0.3) is 10.6 Å². The van der Waals surface area contributed by atoms with E-state index in [1.165, 1.54) is 0 Å². The molecule has 0 fully saturated rings. The number of hydrogen-bond acceptors (Lipinski definition) is 5. The van der Waals surface area contributed by atoms with Gasteiger partial charge in [0, 0.05) is 24.7 Å². The highest BCUT2D eigenvalue weighted by atomic mass is 32.1. The van der Waals surface area contributed by atoms with E-state index < -0.39 is 0 Å². The molecule has 0 spiro atoms. The molecule has 0 saturated heterocycles. The Bertz CT molecular complexity index is 474. The largest absolute Gasteiger partial charge is 0.314 e. The highest BCUT2D eigenvalue weighted by Crippen LogP contribution is 2.24. The quantitative estimate of drug-likeness (QED) is 0.850. The number of aromatic nitrogens is 4. The van der Waals surface area contributed by atoms with E-state index in [4.69, 9.17) is 0 Å². The summed E-state index contributed by atoms with van der Waals surface area (Å²) in [6, 6.07) is 0.513. The Morgan fingerprint density at radius 2 is 2.24 bits per heavy atom. The molecule has 2 heterocycles. The van der Waals surface area contributed by atoms with Crippen LogP contribution in [-0.2, 0) is 6.42 Å². The molecule has 0 radical (unpaired) electrons. The first-order valence-electron chi connectivity index (χ1n) is 5.73. The molecular weight excluding hydrogens is 234 g/mol. The lowest BCUT2D eigenvalue weighted by atomic mass is 10.3. The van der Waals surface area contributed by atoms with Gasteiger partial charge in [0.1, 0.15) is 5.01 Å². The molecule has 17 heavy (non-hydrogen) atoms. The summed E-state index contributed by atoms with van der Waals surface area (Å²) < 4.78 is 0. The topological polar surface area (TPSA) is 66.5 Å². The average Bonchev–Trinajstić information content (AvgIpc) is 2.86. The minimum atomic E-state index is 0.513. The number of H-pyrrole nitrogens is 1. The minimum absolute atomic E-state index is 0.513. The van der Waals surface area contributed by atoms with Crippen LogP contribution in [0, 0.1) is 6.92 Å². The highest BCUT2D eigenvalue weighted by Gasteiger charge is 2.10. The van der Waals surface area contributed by atoms with Crippen molar-refractivity contribution in [2.75, 3.05) is 6.54 Å². The lowest BCUT2D eigenvalue weighted by Crippen LogP contribution is -2.24. The lowest BCUT2D eigenvalue weighted by molar-refractivity contribution is 0.588. The van der Waals surface area contributed by atoms with Crippen molar-refractivity contribution >= 4 is 11.3 Å². The number of rotatable bonds is 5. The molecule has 2 N–H and O–H groups in total. The SMILES string of the molecule is Cc1[nH]ncc1-c1nnc(CCNC(C)C)s1. The maximum absolute atomic E-state index is 4.20. The van der Waals surface area contributed by atoms with Crippen LogP contribution in [-0.4, -0.2) is 33.0 Å². The summed E-state index contributed by atoms with van der Waals surface area (Å²) >= 11 is 1.63. The second kappa shape index (κ2) is 5.37. The van der Waals surface area contributed by atoms with Crippen molar-refractivity contribution in [3.05, 3.63) is 16.9 Å². The third-order valence-corrected chi connectivity index (χ3v) is 3.43. The second-order valence-electron chi connectivity index (χ2n) is 4.27. The summed E-state index contributed by atoms with van der Waals surface area (Å²) in [5, 5.41) is 20.7. The maximum atomic E-state index is 4.20. The number of nitrogens with zero attached hydrogens (tertiary/aromatic N) is 3. The monoisotopic (exact) mass is 251 g/mol. The Morgan fingerprint density at radius 3 is 2.88 bits per heavy atom. The molecule has 0 aromatic carbocycles. The second-order valence-corrected chi connectivity index (χ2v) is 5.33. The summed E-state index contributed by atoms with van der Waals surface area (Å²) in [7, 11) is 0. The van der Waals surface area contributed by atoms with Crippen molar-refractivity contribution in [1.82, 2.24) is 25.7 Å². The van der Waals surface area contributed by atoms with Crippen molar-refractivity contribution in [1.29, 1.82) is 0 Å². The molecular formula is C11H17N5S. The summed E-state index contributed by atoms with van der Waals surface area (Å²) in [4.78, 5) is 0. The van der Waals surface area contributed by atoms with E-state index in [0.717, 1.165) is 34.2 Å². The fourth-order valence-corrected chi connectivity index (χ4v) is 2.40. The zero-order valence-corrected chi connectivity index (χ0v) is 11.1. The van der Waals surface area contributed by atoms with Gasteiger partial charge >= 0.3 is 0 Å². The zero-order chi connectivity index (χ0) is 12.3. The van der Waals surface area contributed by atoms with E-state index in [1.807, 2.05) is 6.92 Å². The van der Waals surface area contributed by atoms with Gasteiger partial charge < -0.3 is 5.32 Å². The molecule has 0 aliphatic heterocycles. The Labute approximate surface area is 105 Å². The van der Waals surface area contributed by atoms with Crippen LogP contribution in [0.2, 0.25) is 0 Å². The maximum Gasteiger partial charge on any atom is 0.151 e. The minimum Gasteiger partial charge on any atom is -0.314 e. The van der Waals surface area contributed by atoms with Gasteiger partial charge in [0.2, 0.25) is 0 Å². The van der Waals surface area contributed by atoms with Gasteiger partial charge in [-0.2, -0.15) is 5.10 Å². The predicted octanol–water partition coefficient (Wildman–Crippen LogP) is 1.78. The van der Waals surface area contributed by atoms with Gasteiger partial charge in [-0.05, 0) is 6.92 Å². The molecule has 92 valence electrons. The Balaban J connectivity index is 1.99. The van der Waals surface area contributed by atoms with Crippen molar-refractivity contribution < 1.29 is 0 Å². The molecule has 2 aromatic rings. The molecule has 0 aliphatic carbocycles. The molecule has 0 amide bonds. The first-order chi connectivity index (χ1) is 8.16. The fraction of sp³-hybridized carbons (Fsp3) is 0.545. The smallest absolute Gasteiger partial charge is 0.151 e. The molecule has 6 heteroatoms. The van der Waals surface area contributed by atoms with Gasteiger partial charge in [0.15, 0.2) is 5.01 Å². The molecule has 5 nitrogen and oxygen atoms in total. The van der Waals surface area contributed by atoms with E-state index in [0.29, 0.717) is 6.04 Å². The highest BCUT2D eigenvalue weighted by molar-refractivity contribution is 7.14. The van der Waals surface area contributed by atoms with Crippen LogP contribution >= 0.6 is 11.3 Å². The number of hydrogen-bond donors (Lipinski definition) is 2. The average molecular weight is 251 g/mol. The van der Waals surface area contributed by atoms with Crippen LogP contribution < -0.4 is 5.32 Å². The number of aromatic amines is 1. The third kappa shape index (κ3) is 3.10. The molecule has 2 rings (SSSR count). The van der Waals surface area contributed by atoms with Crippen LogP contribution in [0.5, 0.6) is 0 Å². The van der Waals surface area contributed by atoms with Crippen LogP contribution in [0.3, 0.4) is 0 Å². The normalized spacial score (nSPS) is 11.3. The first kappa shape index (κ1) is 12.2. The molecule has 0 aliphatic rings. The summed E-state index contributed by atoms with van der Waals surface area (Å²) in [5.74, 6) is 0. The first-order valence-corrected chi connectivity index (χ1v) is 6.54. The van der Waals surface area contributed by atoms with Crippen molar-refractivity contribution in [3.63, 3.8) is 0 Å². The van der Waals surface area contributed by atoms with Gasteiger partial charge in [-0.3, -0.25) is 5.10 Å². The van der Waals surface area contributed by atoms with Gasteiger partial charge in [0.05, 0.1) is 11.8 Å². The fourth-order valence-electron chi connectivity index (χ4n) is 1.50. The molecule has 0 atom stereocenters. The van der Waals surface area contributed by atoms with Crippen molar-refractivity contribution in [2.24, 2.45) is 0 Å². The predicted molar refractivity (Wildman–Crippen MR) is 69.1 cm³/mol. The zero-order valence-electron chi connectivity index (χ0n) is 10.3. The van der Waals surface area contributed by atoms with E-state index >= 15 is 0 Å². The Morgan fingerprint density at radius 1 is 1.41 bits per heavy atom. The summed E-state index contributed by atoms with van der Waals surface area (Å²) in [6.07, 6.45) is 2.72. The van der Waals surface area contributed by atoms with Gasteiger partial charge in [-0.25, -0.2) is 0 Å². The van der Waals surface area contributed by atoms with Crippen LogP contribution in [0.4, 0.5) is 0 Å². The standard InChI is InChI=1S/C11H17N5S/c1-7(2)12-5-4-10-15-16-11(17-10)9-6-13-14-8(9)3/h6-7,12H,4-5H2,1-3H3,(H,13,14). The van der Waals surface area contributed by atoms with Gasteiger partial charge in [-0.15, -0.1) is 10.2 Å². The Kier molecular flexibility index (Phi) is 3.86. The number of aryl methyl sites for hydroxylation is 1. The van der Waals surface area contributed by atoms with E-state index in [1.54, 1.807) is 17.5 Å². The molecule has 0 bridgehead atoms. The molecule has 0 saturated carbocycles. The third-order valence-electron chi connectivity index (χ3n) is 2.42. The Hall–Kier alpha value is -1.27.